The number of hydrogen-bond donors (Lipinski definition) is 2. The first kappa shape index (κ1) is 14.4. The number of rotatable bonds is 4. The van der Waals surface area contributed by atoms with Crippen LogP contribution in [-0.4, -0.2) is 5.91 Å². The summed E-state index contributed by atoms with van der Waals surface area (Å²) < 4.78 is 0. The maximum absolute atomic E-state index is 11.8. The summed E-state index contributed by atoms with van der Waals surface area (Å²) in [6.07, 6.45) is 0. The van der Waals surface area contributed by atoms with E-state index >= 15 is 0 Å². The maximum atomic E-state index is 11.8. The minimum atomic E-state index is -0.601. The van der Waals surface area contributed by atoms with E-state index in [0.717, 1.165) is 16.7 Å². The van der Waals surface area contributed by atoms with Crippen LogP contribution in [0.4, 0.5) is 5.69 Å². The standard InChI is InChI=1S/C16H17ClN2O/c1-10-7-8-12(11(2)9-10)15(16(18)20)19-14-6-4-3-5-13(14)17/h3-9,15,19H,1-2H3,(H2,18,20). The van der Waals surface area contributed by atoms with E-state index in [-0.39, 0.29) is 0 Å². The van der Waals surface area contributed by atoms with Crippen molar-refractivity contribution in [3.8, 4) is 0 Å². The van der Waals surface area contributed by atoms with Gasteiger partial charge in [-0.15, -0.1) is 0 Å². The summed E-state index contributed by atoms with van der Waals surface area (Å²) >= 11 is 6.11. The minimum Gasteiger partial charge on any atom is -0.369 e. The molecule has 1 amide bonds. The molecule has 0 aromatic heterocycles. The molecule has 1 unspecified atom stereocenters. The van der Waals surface area contributed by atoms with Crippen LogP contribution in [0.5, 0.6) is 0 Å². The smallest absolute Gasteiger partial charge is 0.244 e. The quantitative estimate of drug-likeness (QED) is 0.903. The van der Waals surface area contributed by atoms with E-state index < -0.39 is 11.9 Å². The third-order valence-electron chi connectivity index (χ3n) is 3.19. The number of aryl methyl sites for hydroxylation is 2. The van der Waals surface area contributed by atoms with Crippen molar-refractivity contribution in [3.63, 3.8) is 0 Å². The van der Waals surface area contributed by atoms with E-state index in [9.17, 15) is 4.79 Å². The van der Waals surface area contributed by atoms with Gasteiger partial charge in [0.25, 0.3) is 0 Å². The third-order valence-corrected chi connectivity index (χ3v) is 3.52. The van der Waals surface area contributed by atoms with Crippen molar-refractivity contribution >= 4 is 23.2 Å². The number of primary amides is 1. The Bertz CT molecular complexity index is 640. The number of carbonyl (C=O) groups excluding carboxylic acids is 1. The highest BCUT2D eigenvalue weighted by Crippen LogP contribution is 2.27. The molecule has 0 saturated heterocycles. The zero-order valence-corrected chi connectivity index (χ0v) is 12.2. The van der Waals surface area contributed by atoms with Gasteiger partial charge in [0.05, 0.1) is 10.7 Å². The Morgan fingerprint density at radius 3 is 2.50 bits per heavy atom. The van der Waals surface area contributed by atoms with Crippen LogP contribution in [0.1, 0.15) is 22.7 Å². The second-order valence-corrected chi connectivity index (χ2v) is 5.23. The van der Waals surface area contributed by atoms with E-state index in [1.54, 1.807) is 6.07 Å². The van der Waals surface area contributed by atoms with E-state index in [2.05, 4.69) is 5.32 Å². The zero-order valence-electron chi connectivity index (χ0n) is 11.5. The first-order chi connectivity index (χ1) is 9.49. The van der Waals surface area contributed by atoms with Crippen LogP contribution in [0.25, 0.3) is 0 Å². The molecule has 0 aliphatic carbocycles. The number of nitrogens with two attached hydrogens (primary N) is 1. The van der Waals surface area contributed by atoms with Crippen LogP contribution < -0.4 is 11.1 Å². The number of halogens is 1. The van der Waals surface area contributed by atoms with Crippen molar-refractivity contribution in [1.29, 1.82) is 0 Å². The molecular formula is C16H17ClN2O. The summed E-state index contributed by atoms with van der Waals surface area (Å²) in [6, 6.07) is 12.6. The number of carbonyl (C=O) groups is 1. The van der Waals surface area contributed by atoms with Gasteiger partial charge in [0.1, 0.15) is 6.04 Å². The molecule has 0 bridgehead atoms. The van der Waals surface area contributed by atoms with Gasteiger partial charge in [0, 0.05) is 0 Å². The molecule has 0 radical (unpaired) electrons. The summed E-state index contributed by atoms with van der Waals surface area (Å²) in [7, 11) is 0. The molecule has 0 aliphatic heterocycles. The summed E-state index contributed by atoms with van der Waals surface area (Å²) in [6.45, 7) is 3.98. The van der Waals surface area contributed by atoms with Gasteiger partial charge in [-0.1, -0.05) is 47.5 Å². The van der Waals surface area contributed by atoms with Gasteiger partial charge in [-0.25, -0.2) is 0 Å². The number of hydrogen-bond acceptors (Lipinski definition) is 2. The second kappa shape index (κ2) is 5.97. The zero-order chi connectivity index (χ0) is 14.7. The topological polar surface area (TPSA) is 55.1 Å². The van der Waals surface area contributed by atoms with Gasteiger partial charge < -0.3 is 11.1 Å². The average molecular weight is 289 g/mol. The first-order valence-corrected chi connectivity index (χ1v) is 6.74. The number of nitrogens with one attached hydrogen (secondary N) is 1. The van der Waals surface area contributed by atoms with Crippen molar-refractivity contribution in [1.82, 2.24) is 0 Å². The average Bonchev–Trinajstić information content (AvgIpc) is 2.38. The highest BCUT2D eigenvalue weighted by Gasteiger charge is 2.20. The van der Waals surface area contributed by atoms with E-state index in [1.807, 2.05) is 50.2 Å². The SMILES string of the molecule is Cc1ccc(C(Nc2ccccc2Cl)C(N)=O)c(C)c1. The maximum Gasteiger partial charge on any atom is 0.244 e. The summed E-state index contributed by atoms with van der Waals surface area (Å²) in [5.41, 5.74) is 9.25. The van der Waals surface area contributed by atoms with E-state index in [1.165, 1.54) is 0 Å². The van der Waals surface area contributed by atoms with Gasteiger partial charge in [-0.3, -0.25) is 4.79 Å². The number of anilines is 1. The van der Waals surface area contributed by atoms with Crippen molar-refractivity contribution < 1.29 is 4.79 Å². The largest absolute Gasteiger partial charge is 0.369 e. The van der Waals surface area contributed by atoms with Gasteiger partial charge >= 0.3 is 0 Å². The van der Waals surface area contributed by atoms with E-state index in [4.69, 9.17) is 17.3 Å². The molecule has 2 aromatic rings. The molecule has 0 aliphatic rings. The van der Waals surface area contributed by atoms with Gasteiger partial charge in [-0.2, -0.15) is 0 Å². The van der Waals surface area contributed by atoms with Gasteiger partial charge in [0.2, 0.25) is 5.91 Å². The monoisotopic (exact) mass is 288 g/mol. The fraction of sp³-hybridized carbons (Fsp3) is 0.188. The molecule has 0 fully saturated rings. The van der Waals surface area contributed by atoms with E-state index in [0.29, 0.717) is 10.7 Å². The molecule has 2 rings (SSSR count). The Morgan fingerprint density at radius 2 is 1.90 bits per heavy atom. The summed E-state index contributed by atoms with van der Waals surface area (Å²) in [5.74, 6) is -0.433. The van der Waals surface area contributed by atoms with Crippen LogP contribution in [-0.2, 0) is 4.79 Å². The molecule has 3 N–H and O–H groups in total. The van der Waals surface area contributed by atoms with Crippen molar-refractivity contribution in [2.75, 3.05) is 5.32 Å². The second-order valence-electron chi connectivity index (χ2n) is 4.82. The van der Waals surface area contributed by atoms with Crippen LogP contribution in [0.15, 0.2) is 42.5 Å². The predicted molar refractivity (Wildman–Crippen MR) is 82.9 cm³/mol. The lowest BCUT2D eigenvalue weighted by atomic mass is 9.98. The Balaban J connectivity index is 2.37. The molecular weight excluding hydrogens is 272 g/mol. The molecule has 0 saturated carbocycles. The lowest BCUT2D eigenvalue weighted by Gasteiger charge is -2.20. The lowest BCUT2D eigenvalue weighted by Crippen LogP contribution is -2.28. The van der Waals surface area contributed by atoms with Gasteiger partial charge in [0.15, 0.2) is 0 Å². The fourth-order valence-electron chi connectivity index (χ4n) is 2.19. The molecule has 0 heterocycles. The summed E-state index contributed by atoms with van der Waals surface area (Å²) in [5, 5.41) is 3.68. The Morgan fingerprint density at radius 1 is 1.20 bits per heavy atom. The molecule has 20 heavy (non-hydrogen) atoms. The Kier molecular flexibility index (Phi) is 4.30. The van der Waals surface area contributed by atoms with Crippen LogP contribution in [0, 0.1) is 13.8 Å². The van der Waals surface area contributed by atoms with Crippen molar-refractivity contribution in [2.45, 2.75) is 19.9 Å². The highest BCUT2D eigenvalue weighted by molar-refractivity contribution is 6.33. The Labute approximate surface area is 123 Å². The molecule has 3 nitrogen and oxygen atoms in total. The molecule has 1 atom stereocenters. The normalized spacial score (nSPS) is 11.9. The molecule has 2 aromatic carbocycles. The number of benzene rings is 2. The van der Waals surface area contributed by atoms with Crippen LogP contribution in [0.3, 0.4) is 0 Å². The number of para-hydroxylation sites is 1. The van der Waals surface area contributed by atoms with Crippen LogP contribution in [0.2, 0.25) is 5.02 Å². The van der Waals surface area contributed by atoms with Crippen LogP contribution >= 0.6 is 11.6 Å². The minimum absolute atomic E-state index is 0.433. The lowest BCUT2D eigenvalue weighted by molar-refractivity contribution is -0.118. The molecule has 4 heteroatoms. The molecule has 104 valence electrons. The van der Waals surface area contributed by atoms with Crippen molar-refractivity contribution in [2.24, 2.45) is 5.73 Å². The summed E-state index contributed by atoms with van der Waals surface area (Å²) in [4.78, 5) is 11.8. The highest BCUT2D eigenvalue weighted by atomic mass is 35.5. The molecule has 0 spiro atoms. The van der Waals surface area contributed by atoms with Crippen molar-refractivity contribution in [3.05, 3.63) is 64.2 Å². The predicted octanol–water partition coefficient (Wildman–Crippen LogP) is 3.60. The first-order valence-electron chi connectivity index (χ1n) is 6.36. The Hall–Kier alpha value is -2.00. The van der Waals surface area contributed by atoms with Gasteiger partial charge in [-0.05, 0) is 37.1 Å². The fourth-order valence-corrected chi connectivity index (χ4v) is 2.38. The number of amides is 1. The third kappa shape index (κ3) is 3.11.